The van der Waals surface area contributed by atoms with Gasteiger partial charge in [0.1, 0.15) is 6.61 Å². The van der Waals surface area contributed by atoms with E-state index in [9.17, 15) is 9.90 Å². The average Bonchev–Trinajstić information content (AvgIpc) is 2.53. The molecule has 0 heterocycles. The predicted octanol–water partition coefficient (Wildman–Crippen LogP) is 3.66. The lowest BCUT2D eigenvalue weighted by Crippen LogP contribution is -2.15. The van der Waals surface area contributed by atoms with Gasteiger partial charge in [0, 0.05) is 0 Å². The van der Waals surface area contributed by atoms with E-state index in [-0.39, 0.29) is 6.61 Å². The average molecular weight is 298 g/mol. The molecule has 0 aliphatic carbocycles. The summed E-state index contributed by atoms with van der Waals surface area (Å²) in [6.45, 7) is 4.48. The zero-order chi connectivity index (χ0) is 15.9. The summed E-state index contributed by atoms with van der Waals surface area (Å²) in [6.07, 6.45) is -0.258. The molecule has 0 fully saturated rings. The molecule has 0 aliphatic rings. The maximum Gasteiger partial charge on any atom is 0.339 e. The van der Waals surface area contributed by atoms with Crippen molar-refractivity contribution in [1.82, 2.24) is 0 Å². The molecule has 22 heavy (non-hydrogen) atoms. The molecule has 0 bridgehead atoms. The standard InChI is InChI=1S/C19H22O3/c1-14(2)12-15-8-10-17(11-9-15)18(20)19(21)22-13-16-6-4-3-5-7-16/h3-11,14,18,20H,12-13H2,1-2H3. The third kappa shape index (κ3) is 4.71. The Morgan fingerprint density at radius 1 is 1.00 bits per heavy atom. The Morgan fingerprint density at radius 3 is 2.23 bits per heavy atom. The first-order valence-corrected chi connectivity index (χ1v) is 7.53. The number of benzene rings is 2. The van der Waals surface area contributed by atoms with Crippen molar-refractivity contribution in [3.8, 4) is 0 Å². The van der Waals surface area contributed by atoms with Crippen molar-refractivity contribution < 1.29 is 14.6 Å². The molecule has 1 N–H and O–H groups in total. The van der Waals surface area contributed by atoms with Crippen LogP contribution in [0.4, 0.5) is 0 Å². The van der Waals surface area contributed by atoms with Gasteiger partial charge in [0.15, 0.2) is 6.10 Å². The Bertz CT molecular complexity index is 588. The maximum absolute atomic E-state index is 11.9. The fourth-order valence-corrected chi connectivity index (χ4v) is 2.25. The van der Waals surface area contributed by atoms with Crippen LogP contribution in [0.1, 0.15) is 36.6 Å². The second-order valence-electron chi connectivity index (χ2n) is 5.84. The minimum Gasteiger partial charge on any atom is -0.459 e. The van der Waals surface area contributed by atoms with Crippen LogP contribution in [-0.4, -0.2) is 11.1 Å². The van der Waals surface area contributed by atoms with Crippen LogP contribution in [0.25, 0.3) is 0 Å². The molecule has 0 amide bonds. The highest BCUT2D eigenvalue weighted by Gasteiger charge is 2.19. The minimum atomic E-state index is -1.24. The molecule has 2 aromatic rings. The lowest BCUT2D eigenvalue weighted by atomic mass is 10.0. The summed E-state index contributed by atoms with van der Waals surface area (Å²) in [5.41, 5.74) is 2.66. The van der Waals surface area contributed by atoms with E-state index in [1.807, 2.05) is 42.5 Å². The normalized spacial score (nSPS) is 12.2. The first-order chi connectivity index (χ1) is 10.6. The van der Waals surface area contributed by atoms with Crippen LogP contribution in [-0.2, 0) is 22.6 Å². The fraction of sp³-hybridized carbons (Fsp3) is 0.316. The second-order valence-corrected chi connectivity index (χ2v) is 5.84. The smallest absolute Gasteiger partial charge is 0.339 e. The molecule has 0 aliphatic heterocycles. The summed E-state index contributed by atoms with van der Waals surface area (Å²) >= 11 is 0. The van der Waals surface area contributed by atoms with E-state index in [1.54, 1.807) is 12.1 Å². The molecule has 116 valence electrons. The van der Waals surface area contributed by atoms with Crippen molar-refractivity contribution in [1.29, 1.82) is 0 Å². The van der Waals surface area contributed by atoms with Crippen molar-refractivity contribution in [3.05, 3.63) is 71.3 Å². The van der Waals surface area contributed by atoms with E-state index in [2.05, 4.69) is 13.8 Å². The summed E-state index contributed by atoms with van der Waals surface area (Å²) in [6, 6.07) is 16.9. The monoisotopic (exact) mass is 298 g/mol. The number of aliphatic hydroxyl groups excluding tert-OH is 1. The predicted molar refractivity (Wildman–Crippen MR) is 86.2 cm³/mol. The largest absolute Gasteiger partial charge is 0.459 e. The van der Waals surface area contributed by atoms with E-state index in [0.29, 0.717) is 11.5 Å². The van der Waals surface area contributed by atoms with Crippen LogP contribution >= 0.6 is 0 Å². The number of ether oxygens (including phenoxy) is 1. The lowest BCUT2D eigenvalue weighted by Gasteiger charge is -2.12. The molecular formula is C19H22O3. The van der Waals surface area contributed by atoms with Crippen molar-refractivity contribution in [2.45, 2.75) is 33.0 Å². The Labute approximate surface area is 131 Å². The van der Waals surface area contributed by atoms with Gasteiger partial charge in [-0.25, -0.2) is 4.79 Å². The maximum atomic E-state index is 11.9. The molecule has 1 unspecified atom stereocenters. The Hall–Kier alpha value is -2.13. The van der Waals surface area contributed by atoms with Crippen LogP contribution < -0.4 is 0 Å². The highest BCUT2D eigenvalue weighted by Crippen LogP contribution is 2.17. The van der Waals surface area contributed by atoms with Gasteiger partial charge in [-0.2, -0.15) is 0 Å². The first kappa shape index (κ1) is 16.2. The van der Waals surface area contributed by atoms with E-state index >= 15 is 0 Å². The second kappa shape index (κ2) is 7.76. The summed E-state index contributed by atoms with van der Waals surface area (Å²) in [5, 5.41) is 10.1. The van der Waals surface area contributed by atoms with Gasteiger partial charge in [0.25, 0.3) is 0 Å². The third-order valence-corrected chi connectivity index (χ3v) is 3.39. The zero-order valence-corrected chi connectivity index (χ0v) is 13.0. The first-order valence-electron chi connectivity index (χ1n) is 7.53. The highest BCUT2D eigenvalue weighted by molar-refractivity contribution is 5.76. The van der Waals surface area contributed by atoms with Gasteiger partial charge in [0.2, 0.25) is 0 Å². The Kier molecular flexibility index (Phi) is 5.73. The van der Waals surface area contributed by atoms with Gasteiger partial charge >= 0.3 is 5.97 Å². The van der Waals surface area contributed by atoms with Crippen molar-refractivity contribution >= 4 is 5.97 Å². The number of carbonyl (C=O) groups is 1. The summed E-state index contributed by atoms with van der Waals surface area (Å²) in [7, 11) is 0. The zero-order valence-electron chi connectivity index (χ0n) is 13.0. The van der Waals surface area contributed by atoms with Gasteiger partial charge in [-0.05, 0) is 29.0 Å². The van der Waals surface area contributed by atoms with Gasteiger partial charge < -0.3 is 9.84 Å². The number of esters is 1. The molecule has 1 atom stereocenters. The SMILES string of the molecule is CC(C)Cc1ccc(C(O)C(=O)OCc2ccccc2)cc1. The van der Waals surface area contributed by atoms with Crippen LogP contribution in [0.3, 0.4) is 0 Å². The van der Waals surface area contributed by atoms with E-state index in [1.165, 1.54) is 5.56 Å². The molecular weight excluding hydrogens is 276 g/mol. The van der Waals surface area contributed by atoms with Crippen LogP contribution in [0, 0.1) is 5.92 Å². The number of hydrogen-bond acceptors (Lipinski definition) is 3. The van der Waals surface area contributed by atoms with E-state index in [4.69, 9.17) is 4.74 Å². The highest BCUT2D eigenvalue weighted by atomic mass is 16.5. The van der Waals surface area contributed by atoms with Crippen LogP contribution in [0.5, 0.6) is 0 Å². The van der Waals surface area contributed by atoms with Crippen molar-refractivity contribution in [2.24, 2.45) is 5.92 Å². The van der Waals surface area contributed by atoms with E-state index in [0.717, 1.165) is 12.0 Å². The van der Waals surface area contributed by atoms with Gasteiger partial charge in [-0.3, -0.25) is 0 Å². The molecule has 0 spiro atoms. The van der Waals surface area contributed by atoms with E-state index < -0.39 is 12.1 Å². The molecule has 0 aromatic heterocycles. The number of rotatable bonds is 6. The molecule has 2 rings (SSSR count). The molecule has 2 aromatic carbocycles. The summed E-state index contributed by atoms with van der Waals surface area (Å²) in [4.78, 5) is 11.9. The van der Waals surface area contributed by atoms with Crippen molar-refractivity contribution in [2.75, 3.05) is 0 Å². The number of aliphatic hydroxyl groups is 1. The third-order valence-electron chi connectivity index (χ3n) is 3.39. The molecule has 3 heteroatoms. The fourth-order valence-electron chi connectivity index (χ4n) is 2.25. The molecule has 3 nitrogen and oxygen atoms in total. The van der Waals surface area contributed by atoms with Gasteiger partial charge in [-0.1, -0.05) is 68.4 Å². The Morgan fingerprint density at radius 2 is 1.64 bits per heavy atom. The molecule has 0 saturated heterocycles. The topological polar surface area (TPSA) is 46.5 Å². The quantitative estimate of drug-likeness (QED) is 0.828. The molecule has 0 saturated carbocycles. The number of carbonyl (C=O) groups excluding carboxylic acids is 1. The van der Waals surface area contributed by atoms with Crippen LogP contribution in [0.15, 0.2) is 54.6 Å². The Balaban J connectivity index is 1.92. The molecule has 0 radical (unpaired) electrons. The summed E-state index contributed by atoms with van der Waals surface area (Å²) in [5.74, 6) is -0.0490. The minimum absolute atomic E-state index is 0.169. The van der Waals surface area contributed by atoms with Gasteiger partial charge in [0.05, 0.1) is 0 Å². The van der Waals surface area contributed by atoms with Gasteiger partial charge in [-0.15, -0.1) is 0 Å². The number of hydrogen-bond donors (Lipinski definition) is 1. The lowest BCUT2D eigenvalue weighted by molar-refractivity contribution is -0.155. The summed E-state index contributed by atoms with van der Waals surface area (Å²) < 4.78 is 5.15. The van der Waals surface area contributed by atoms with Crippen LogP contribution in [0.2, 0.25) is 0 Å². The van der Waals surface area contributed by atoms with Crippen molar-refractivity contribution in [3.63, 3.8) is 0 Å².